The standard InChI is InChI=1S/C19H28N2OSi/c1-19(2,3)23(4,5)22-13-9-12-18-15-21(16-20-18)14-17-10-7-6-8-11-17/h6-12,15-16H,13-14H2,1-5H3/b12-9+. The van der Waals surface area contributed by atoms with Crippen LogP contribution in [-0.2, 0) is 11.0 Å². The molecule has 0 aliphatic heterocycles. The molecule has 0 saturated heterocycles. The van der Waals surface area contributed by atoms with E-state index in [1.165, 1.54) is 5.56 Å². The summed E-state index contributed by atoms with van der Waals surface area (Å²) in [6.07, 6.45) is 8.04. The van der Waals surface area contributed by atoms with Gasteiger partial charge in [0.15, 0.2) is 8.32 Å². The van der Waals surface area contributed by atoms with E-state index in [-0.39, 0.29) is 5.04 Å². The van der Waals surface area contributed by atoms with E-state index in [4.69, 9.17) is 4.43 Å². The summed E-state index contributed by atoms with van der Waals surface area (Å²) in [4.78, 5) is 4.43. The predicted molar refractivity (Wildman–Crippen MR) is 100.0 cm³/mol. The van der Waals surface area contributed by atoms with Gasteiger partial charge in [-0.1, -0.05) is 57.2 Å². The first kappa shape index (κ1) is 17.7. The molecule has 0 saturated carbocycles. The molecule has 0 unspecified atom stereocenters. The fourth-order valence-corrected chi connectivity index (χ4v) is 2.93. The number of hydrogen-bond donors (Lipinski definition) is 0. The summed E-state index contributed by atoms with van der Waals surface area (Å²) in [5, 5.41) is 0.248. The third kappa shape index (κ3) is 5.18. The second kappa shape index (κ2) is 7.28. The van der Waals surface area contributed by atoms with E-state index in [1.54, 1.807) is 0 Å². The average Bonchev–Trinajstić information content (AvgIpc) is 2.91. The van der Waals surface area contributed by atoms with Crippen LogP contribution in [0.5, 0.6) is 0 Å². The Balaban J connectivity index is 1.87. The summed E-state index contributed by atoms with van der Waals surface area (Å²) in [6, 6.07) is 10.4. The van der Waals surface area contributed by atoms with E-state index in [2.05, 4.69) is 80.0 Å². The van der Waals surface area contributed by atoms with Crippen LogP contribution >= 0.6 is 0 Å². The molecule has 1 heterocycles. The minimum atomic E-state index is -1.67. The molecule has 23 heavy (non-hydrogen) atoms. The Kier molecular flexibility index (Phi) is 5.60. The van der Waals surface area contributed by atoms with Gasteiger partial charge < -0.3 is 8.99 Å². The first-order valence-electron chi connectivity index (χ1n) is 8.14. The first-order chi connectivity index (χ1) is 10.8. The zero-order valence-corrected chi connectivity index (χ0v) is 15.9. The maximum Gasteiger partial charge on any atom is 0.192 e. The van der Waals surface area contributed by atoms with Gasteiger partial charge in [0.05, 0.1) is 18.6 Å². The van der Waals surface area contributed by atoms with E-state index in [1.807, 2.05) is 18.5 Å². The first-order valence-corrected chi connectivity index (χ1v) is 11.0. The Morgan fingerprint density at radius 3 is 2.52 bits per heavy atom. The lowest BCUT2D eigenvalue weighted by molar-refractivity contribution is 0.328. The number of hydrogen-bond acceptors (Lipinski definition) is 2. The summed E-state index contributed by atoms with van der Waals surface area (Å²) < 4.78 is 8.24. The number of imidazole rings is 1. The Labute approximate surface area is 141 Å². The minimum absolute atomic E-state index is 0.248. The fraction of sp³-hybridized carbons (Fsp3) is 0.421. The third-order valence-corrected chi connectivity index (χ3v) is 9.00. The van der Waals surface area contributed by atoms with Crippen molar-refractivity contribution in [1.82, 2.24) is 9.55 Å². The lowest BCUT2D eigenvalue weighted by Gasteiger charge is -2.35. The van der Waals surface area contributed by atoms with Crippen molar-refractivity contribution in [2.24, 2.45) is 0 Å². The Hall–Kier alpha value is -1.65. The number of aromatic nitrogens is 2. The van der Waals surface area contributed by atoms with Crippen molar-refractivity contribution in [1.29, 1.82) is 0 Å². The van der Waals surface area contributed by atoms with Crippen molar-refractivity contribution in [3.63, 3.8) is 0 Å². The van der Waals surface area contributed by atoms with E-state index in [9.17, 15) is 0 Å². The van der Waals surface area contributed by atoms with Gasteiger partial charge in [-0.05, 0) is 29.8 Å². The van der Waals surface area contributed by atoms with Crippen LogP contribution in [0.4, 0.5) is 0 Å². The molecular formula is C19H28N2OSi. The highest BCUT2D eigenvalue weighted by molar-refractivity contribution is 6.74. The monoisotopic (exact) mass is 328 g/mol. The van der Waals surface area contributed by atoms with Crippen molar-refractivity contribution in [2.75, 3.05) is 6.61 Å². The predicted octanol–water partition coefficient (Wildman–Crippen LogP) is 4.97. The van der Waals surface area contributed by atoms with Crippen LogP contribution in [0.2, 0.25) is 18.1 Å². The topological polar surface area (TPSA) is 27.1 Å². The molecule has 124 valence electrons. The molecule has 4 heteroatoms. The van der Waals surface area contributed by atoms with Gasteiger partial charge in [0, 0.05) is 12.7 Å². The normalized spacial score (nSPS) is 12.9. The summed E-state index contributed by atoms with van der Waals surface area (Å²) in [6.45, 7) is 12.8. The molecule has 0 N–H and O–H groups in total. The minimum Gasteiger partial charge on any atom is -0.413 e. The van der Waals surface area contributed by atoms with Crippen LogP contribution in [0.25, 0.3) is 6.08 Å². The molecule has 3 nitrogen and oxygen atoms in total. The van der Waals surface area contributed by atoms with Crippen LogP contribution in [-0.4, -0.2) is 24.5 Å². The summed E-state index contributed by atoms with van der Waals surface area (Å²) in [5.41, 5.74) is 2.25. The maximum absolute atomic E-state index is 6.14. The highest BCUT2D eigenvalue weighted by atomic mass is 28.4. The van der Waals surface area contributed by atoms with Gasteiger partial charge in [0.2, 0.25) is 0 Å². The van der Waals surface area contributed by atoms with Gasteiger partial charge >= 0.3 is 0 Å². The molecule has 1 aromatic heterocycles. The molecule has 0 aliphatic rings. The van der Waals surface area contributed by atoms with Gasteiger partial charge in [-0.25, -0.2) is 4.98 Å². The molecule has 0 atom stereocenters. The van der Waals surface area contributed by atoms with E-state index >= 15 is 0 Å². The van der Waals surface area contributed by atoms with E-state index in [0.717, 1.165) is 12.2 Å². The van der Waals surface area contributed by atoms with E-state index in [0.29, 0.717) is 6.61 Å². The molecule has 2 rings (SSSR count). The summed E-state index contributed by atoms with van der Waals surface area (Å²) in [5.74, 6) is 0. The van der Waals surface area contributed by atoms with Crippen molar-refractivity contribution >= 4 is 14.4 Å². The molecule has 0 spiro atoms. The second-order valence-corrected chi connectivity index (χ2v) is 12.2. The second-order valence-electron chi connectivity index (χ2n) is 7.43. The molecular weight excluding hydrogens is 300 g/mol. The van der Waals surface area contributed by atoms with Gasteiger partial charge in [-0.15, -0.1) is 0 Å². The van der Waals surface area contributed by atoms with Crippen LogP contribution < -0.4 is 0 Å². The molecule has 2 aromatic rings. The van der Waals surface area contributed by atoms with Crippen LogP contribution in [0.3, 0.4) is 0 Å². The zero-order chi connectivity index (χ0) is 16.9. The van der Waals surface area contributed by atoms with Gasteiger partial charge in [0.25, 0.3) is 0 Å². The fourth-order valence-electron chi connectivity index (χ4n) is 1.99. The Morgan fingerprint density at radius 1 is 1.17 bits per heavy atom. The highest BCUT2D eigenvalue weighted by Gasteiger charge is 2.36. The number of benzene rings is 1. The molecule has 0 bridgehead atoms. The number of nitrogens with zero attached hydrogens (tertiary/aromatic N) is 2. The molecule has 1 aromatic carbocycles. The van der Waals surface area contributed by atoms with Gasteiger partial charge in [-0.3, -0.25) is 0 Å². The molecule has 0 fully saturated rings. The maximum atomic E-state index is 6.14. The van der Waals surface area contributed by atoms with E-state index < -0.39 is 8.32 Å². The Bertz CT molecular complexity index is 639. The Morgan fingerprint density at radius 2 is 1.87 bits per heavy atom. The summed E-state index contributed by atoms with van der Waals surface area (Å²) >= 11 is 0. The summed E-state index contributed by atoms with van der Waals surface area (Å²) in [7, 11) is -1.67. The number of rotatable bonds is 6. The van der Waals surface area contributed by atoms with Crippen molar-refractivity contribution in [3.05, 3.63) is 60.2 Å². The highest BCUT2D eigenvalue weighted by Crippen LogP contribution is 2.36. The van der Waals surface area contributed by atoms with Crippen molar-refractivity contribution < 1.29 is 4.43 Å². The van der Waals surface area contributed by atoms with Gasteiger partial charge in [0.1, 0.15) is 0 Å². The quantitative estimate of drug-likeness (QED) is 0.700. The zero-order valence-electron chi connectivity index (χ0n) is 14.9. The van der Waals surface area contributed by atoms with Crippen LogP contribution in [0.15, 0.2) is 48.9 Å². The largest absolute Gasteiger partial charge is 0.413 e. The smallest absolute Gasteiger partial charge is 0.192 e. The van der Waals surface area contributed by atoms with Gasteiger partial charge in [-0.2, -0.15) is 0 Å². The SMILES string of the molecule is CC(C)(C)[Si](C)(C)OC/C=C/c1cn(Cc2ccccc2)cn1. The molecule has 0 aliphatic carbocycles. The third-order valence-electron chi connectivity index (χ3n) is 4.50. The van der Waals surface area contributed by atoms with Crippen LogP contribution in [0, 0.1) is 0 Å². The van der Waals surface area contributed by atoms with Crippen molar-refractivity contribution in [2.45, 2.75) is 45.4 Å². The van der Waals surface area contributed by atoms with Crippen LogP contribution in [0.1, 0.15) is 32.0 Å². The molecule has 0 radical (unpaired) electrons. The molecule has 0 amide bonds. The lowest BCUT2D eigenvalue weighted by Crippen LogP contribution is -2.40. The lowest BCUT2D eigenvalue weighted by atomic mass is 10.2. The van der Waals surface area contributed by atoms with Crippen molar-refractivity contribution in [3.8, 4) is 0 Å². The average molecular weight is 329 g/mol.